The summed E-state index contributed by atoms with van der Waals surface area (Å²) in [5.41, 5.74) is 6.39. The van der Waals surface area contributed by atoms with E-state index in [2.05, 4.69) is 15.9 Å². The highest BCUT2D eigenvalue weighted by Crippen LogP contribution is 2.23. The summed E-state index contributed by atoms with van der Waals surface area (Å²) in [6.07, 6.45) is -0.196. The highest BCUT2D eigenvalue weighted by Gasteiger charge is 2.18. The lowest BCUT2D eigenvalue weighted by molar-refractivity contribution is 0.0566. The second kappa shape index (κ2) is 5.58. The standard InChI is InChI=1S/C11H15BrFNO/c1-3-15-7(2)11(14)9-6-8(12)4-5-10(9)13/h4-7,11H,3,14H2,1-2H3. The Hall–Kier alpha value is -0.450. The molecule has 0 saturated heterocycles. The minimum atomic E-state index is -0.442. The second-order valence-corrected chi connectivity index (χ2v) is 4.27. The minimum Gasteiger partial charge on any atom is -0.377 e. The largest absolute Gasteiger partial charge is 0.377 e. The maximum absolute atomic E-state index is 13.5. The van der Waals surface area contributed by atoms with Gasteiger partial charge in [-0.05, 0) is 32.0 Å². The van der Waals surface area contributed by atoms with Gasteiger partial charge in [-0.15, -0.1) is 0 Å². The van der Waals surface area contributed by atoms with Crippen LogP contribution in [0.5, 0.6) is 0 Å². The molecule has 0 aliphatic rings. The van der Waals surface area contributed by atoms with E-state index in [9.17, 15) is 4.39 Å². The average Bonchev–Trinajstić information content (AvgIpc) is 2.21. The number of hydrogen-bond donors (Lipinski definition) is 1. The van der Waals surface area contributed by atoms with Crippen LogP contribution in [-0.2, 0) is 4.74 Å². The molecule has 0 aromatic heterocycles. The molecule has 15 heavy (non-hydrogen) atoms. The molecule has 0 amide bonds. The molecular formula is C11H15BrFNO. The Balaban J connectivity index is 2.89. The van der Waals surface area contributed by atoms with Gasteiger partial charge < -0.3 is 10.5 Å². The summed E-state index contributed by atoms with van der Waals surface area (Å²) in [5.74, 6) is -0.294. The molecule has 2 nitrogen and oxygen atoms in total. The topological polar surface area (TPSA) is 35.2 Å². The van der Waals surface area contributed by atoms with Crippen LogP contribution in [0.1, 0.15) is 25.5 Å². The Bertz CT molecular complexity index is 332. The van der Waals surface area contributed by atoms with Crippen LogP contribution in [0.3, 0.4) is 0 Å². The van der Waals surface area contributed by atoms with Gasteiger partial charge in [-0.25, -0.2) is 4.39 Å². The predicted molar refractivity (Wildman–Crippen MR) is 62.1 cm³/mol. The molecule has 0 spiro atoms. The molecule has 0 aliphatic heterocycles. The lowest BCUT2D eigenvalue weighted by atomic mass is 10.0. The molecule has 0 aliphatic carbocycles. The van der Waals surface area contributed by atoms with Gasteiger partial charge in [-0.2, -0.15) is 0 Å². The van der Waals surface area contributed by atoms with E-state index in [0.29, 0.717) is 12.2 Å². The molecular weight excluding hydrogens is 261 g/mol. The molecule has 84 valence electrons. The zero-order valence-corrected chi connectivity index (χ0v) is 10.4. The number of halogens is 2. The third-order valence-electron chi connectivity index (χ3n) is 2.25. The van der Waals surface area contributed by atoms with Gasteiger partial charge in [0.05, 0.1) is 12.1 Å². The van der Waals surface area contributed by atoms with Crippen LogP contribution in [0.25, 0.3) is 0 Å². The van der Waals surface area contributed by atoms with Crippen molar-refractivity contribution in [2.24, 2.45) is 5.73 Å². The summed E-state index contributed by atoms with van der Waals surface area (Å²) in [4.78, 5) is 0. The van der Waals surface area contributed by atoms with Crippen molar-refractivity contribution >= 4 is 15.9 Å². The number of ether oxygens (including phenoxy) is 1. The zero-order valence-electron chi connectivity index (χ0n) is 8.84. The molecule has 2 unspecified atom stereocenters. The van der Waals surface area contributed by atoms with E-state index in [-0.39, 0.29) is 11.9 Å². The van der Waals surface area contributed by atoms with Crippen LogP contribution in [0, 0.1) is 5.82 Å². The van der Waals surface area contributed by atoms with Crippen molar-refractivity contribution in [1.29, 1.82) is 0 Å². The van der Waals surface area contributed by atoms with E-state index in [1.54, 1.807) is 12.1 Å². The van der Waals surface area contributed by atoms with E-state index in [0.717, 1.165) is 4.47 Å². The Morgan fingerprint density at radius 1 is 1.53 bits per heavy atom. The van der Waals surface area contributed by atoms with Gasteiger partial charge in [0.2, 0.25) is 0 Å². The van der Waals surface area contributed by atoms with E-state index < -0.39 is 6.04 Å². The van der Waals surface area contributed by atoms with Gasteiger partial charge >= 0.3 is 0 Å². The van der Waals surface area contributed by atoms with E-state index >= 15 is 0 Å². The molecule has 0 fully saturated rings. The Labute approximate surface area is 97.7 Å². The van der Waals surface area contributed by atoms with E-state index in [4.69, 9.17) is 10.5 Å². The van der Waals surface area contributed by atoms with Crippen molar-refractivity contribution < 1.29 is 9.13 Å². The SMILES string of the molecule is CCOC(C)C(N)c1cc(Br)ccc1F. The van der Waals surface area contributed by atoms with Gasteiger partial charge in [0, 0.05) is 16.6 Å². The van der Waals surface area contributed by atoms with Crippen LogP contribution < -0.4 is 5.73 Å². The summed E-state index contributed by atoms with van der Waals surface area (Å²) in [6.45, 7) is 4.31. The summed E-state index contributed by atoms with van der Waals surface area (Å²) in [6, 6.07) is 4.30. The van der Waals surface area contributed by atoms with E-state index in [1.165, 1.54) is 6.07 Å². The maximum Gasteiger partial charge on any atom is 0.128 e. The minimum absolute atomic E-state index is 0.196. The highest BCUT2D eigenvalue weighted by atomic mass is 79.9. The fourth-order valence-corrected chi connectivity index (χ4v) is 1.77. The lowest BCUT2D eigenvalue weighted by Crippen LogP contribution is -2.27. The molecule has 0 radical (unpaired) electrons. The predicted octanol–water partition coefficient (Wildman–Crippen LogP) is 3.01. The summed E-state index contributed by atoms with van der Waals surface area (Å²) in [7, 11) is 0. The molecule has 2 N–H and O–H groups in total. The van der Waals surface area contributed by atoms with Gasteiger partial charge in [0.15, 0.2) is 0 Å². The Kier molecular flexibility index (Phi) is 4.70. The van der Waals surface area contributed by atoms with Crippen LogP contribution >= 0.6 is 15.9 Å². The lowest BCUT2D eigenvalue weighted by Gasteiger charge is -2.20. The zero-order chi connectivity index (χ0) is 11.4. The fourth-order valence-electron chi connectivity index (χ4n) is 1.39. The van der Waals surface area contributed by atoms with Gasteiger partial charge in [-0.3, -0.25) is 0 Å². The Morgan fingerprint density at radius 3 is 2.80 bits per heavy atom. The van der Waals surface area contributed by atoms with Crippen LogP contribution in [0.4, 0.5) is 4.39 Å². The first-order valence-corrected chi connectivity index (χ1v) is 5.67. The van der Waals surface area contributed by atoms with Crippen molar-refractivity contribution in [2.75, 3.05) is 6.61 Å². The van der Waals surface area contributed by atoms with Crippen LogP contribution in [-0.4, -0.2) is 12.7 Å². The molecule has 1 aromatic carbocycles. The van der Waals surface area contributed by atoms with Crippen molar-refractivity contribution in [3.05, 3.63) is 34.1 Å². The number of benzene rings is 1. The average molecular weight is 276 g/mol. The summed E-state index contributed by atoms with van der Waals surface area (Å²) < 4.78 is 19.6. The van der Waals surface area contributed by atoms with Gasteiger partial charge in [-0.1, -0.05) is 15.9 Å². The van der Waals surface area contributed by atoms with Crippen molar-refractivity contribution in [3.63, 3.8) is 0 Å². The normalized spacial score (nSPS) is 15.0. The molecule has 0 saturated carbocycles. The van der Waals surface area contributed by atoms with Crippen LogP contribution in [0.2, 0.25) is 0 Å². The van der Waals surface area contributed by atoms with Crippen molar-refractivity contribution in [1.82, 2.24) is 0 Å². The smallest absolute Gasteiger partial charge is 0.128 e. The first kappa shape index (κ1) is 12.6. The molecule has 1 aromatic rings. The van der Waals surface area contributed by atoms with Gasteiger partial charge in [0.25, 0.3) is 0 Å². The van der Waals surface area contributed by atoms with Crippen molar-refractivity contribution in [3.8, 4) is 0 Å². The third kappa shape index (κ3) is 3.26. The molecule has 4 heteroatoms. The first-order valence-electron chi connectivity index (χ1n) is 4.88. The highest BCUT2D eigenvalue weighted by molar-refractivity contribution is 9.10. The quantitative estimate of drug-likeness (QED) is 0.917. The fraction of sp³-hybridized carbons (Fsp3) is 0.455. The first-order chi connectivity index (χ1) is 7.06. The van der Waals surface area contributed by atoms with Gasteiger partial charge in [0.1, 0.15) is 5.82 Å². The number of rotatable bonds is 4. The Morgan fingerprint density at radius 2 is 2.20 bits per heavy atom. The molecule has 0 heterocycles. The third-order valence-corrected chi connectivity index (χ3v) is 2.75. The molecule has 2 atom stereocenters. The van der Waals surface area contributed by atoms with Crippen molar-refractivity contribution in [2.45, 2.75) is 26.0 Å². The monoisotopic (exact) mass is 275 g/mol. The number of hydrogen-bond acceptors (Lipinski definition) is 2. The van der Waals surface area contributed by atoms with Crippen LogP contribution in [0.15, 0.2) is 22.7 Å². The van der Waals surface area contributed by atoms with E-state index in [1.807, 2.05) is 13.8 Å². The summed E-state index contributed by atoms with van der Waals surface area (Å²) in [5, 5.41) is 0. The molecule has 1 rings (SSSR count). The molecule has 0 bridgehead atoms. The number of nitrogens with two attached hydrogens (primary N) is 1. The second-order valence-electron chi connectivity index (χ2n) is 3.35. The maximum atomic E-state index is 13.5. The summed E-state index contributed by atoms with van der Waals surface area (Å²) >= 11 is 3.29.